The first-order valence-corrected chi connectivity index (χ1v) is 4.74. The van der Waals surface area contributed by atoms with E-state index in [1.807, 2.05) is 18.7 Å². The summed E-state index contributed by atoms with van der Waals surface area (Å²) in [7, 11) is 0. The Balaban J connectivity index is 4.11. The van der Waals surface area contributed by atoms with Crippen LogP contribution < -0.4 is 0 Å². The van der Waals surface area contributed by atoms with Crippen molar-refractivity contribution in [3.8, 4) is 0 Å². The molecule has 0 amide bonds. The van der Waals surface area contributed by atoms with Crippen molar-refractivity contribution < 1.29 is 15.3 Å². The fourth-order valence-corrected chi connectivity index (χ4v) is 1.45. The third-order valence-electron chi connectivity index (χ3n) is 2.20. The Morgan fingerprint density at radius 1 is 1.00 bits per heavy atom. The first-order chi connectivity index (χ1) is 6.17. The topological polar surface area (TPSA) is 63.9 Å². The van der Waals surface area contributed by atoms with E-state index in [-0.39, 0.29) is 25.9 Å². The number of rotatable bonds is 7. The molecule has 80 valence electrons. The molecule has 0 aromatic carbocycles. The van der Waals surface area contributed by atoms with Crippen molar-refractivity contribution >= 4 is 0 Å². The van der Waals surface area contributed by atoms with Gasteiger partial charge in [-0.1, -0.05) is 13.8 Å². The molecule has 0 saturated heterocycles. The molecule has 0 aliphatic heterocycles. The first kappa shape index (κ1) is 12.8. The third-order valence-corrected chi connectivity index (χ3v) is 2.20. The molecule has 0 rings (SSSR count). The fraction of sp³-hybridized carbons (Fsp3) is 1.00. The first-order valence-electron chi connectivity index (χ1n) is 4.74. The zero-order valence-corrected chi connectivity index (χ0v) is 8.48. The molecule has 0 saturated carbocycles. The molecule has 0 aromatic rings. The Labute approximate surface area is 79.8 Å². The molecule has 0 aliphatic rings. The highest BCUT2D eigenvalue weighted by Gasteiger charge is 2.19. The van der Waals surface area contributed by atoms with E-state index in [1.165, 1.54) is 0 Å². The molecule has 0 radical (unpaired) electrons. The lowest BCUT2D eigenvalue weighted by atomic mass is 10.0. The summed E-state index contributed by atoms with van der Waals surface area (Å²) in [5.74, 6) is 0.322. The standard InChI is InChI=1S/C9H21NO3/c1-8(2)9(7-13)10(3-5-11)4-6-12/h8-9,11-13H,3-7H2,1-2H3. The van der Waals surface area contributed by atoms with Gasteiger partial charge in [-0.25, -0.2) is 0 Å². The van der Waals surface area contributed by atoms with Gasteiger partial charge in [-0.05, 0) is 5.92 Å². The van der Waals surface area contributed by atoms with E-state index >= 15 is 0 Å². The molecule has 1 unspecified atom stereocenters. The highest BCUT2D eigenvalue weighted by atomic mass is 16.3. The summed E-state index contributed by atoms with van der Waals surface area (Å²) < 4.78 is 0. The minimum absolute atomic E-state index is 0.0271. The predicted molar refractivity (Wildman–Crippen MR) is 51.5 cm³/mol. The largest absolute Gasteiger partial charge is 0.395 e. The number of hydrogen-bond donors (Lipinski definition) is 3. The van der Waals surface area contributed by atoms with Crippen LogP contribution in [0.4, 0.5) is 0 Å². The van der Waals surface area contributed by atoms with Crippen LogP contribution in [0.25, 0.3) is 0 Å². The van der Waals surface area contributed by atoms with Gasteiger partial charge in [0.15, 0.2) is 0 Å². The molecule has 3 N–H and O–H groups in total. The van der Waals surface area contributed by atoms with Crippen LogP contribution in [0, 0.1) is 5.92 Å². The van der Waals surface area contributed by atoms with Crippen molar-refractivity contribution in [1.29, 1.82) is 0 Å². The quantitative estimate of drug-likeness (QED) is 0.497. The number of hydrogen-bond acceptors (Lipinski definition) is 4. The summed E-state index contributed by atoms with van der Waals surface area (Å²) in [6.45, 7) is 5.23. The van der Waals surface area contributed by atoms with Crippen LogP contribution in [0.2, 0.25) is 0 Å². The van der Waals surface area contributed by atoms with Gasteiger partial charge in [-0.2, -0.15) is 0 Å². The van der Waals surface area contributed by atoms with Crippen molar-refractivity contribution in [1.82, 2.24) is 4.90 Å². The van der Waals surface area contributed by atoms with E-state index in [0.29, 0.717) is 19.0 Å². The van der Waals surface area contributed by atoms with E-state index in [1.54, 1.807) is 0 Å². The molecule has 0 fully saturated rings. The molecule has 0 aliphatic carbocycles. The average molecular weight is 191 g/mol. The Bertz CT molecular complexity index is 113. The van der Waals surface area contributed by atoms with Crippen molar-refractivity contribution in [2.45, 2.75) is 19.9 Å². The van der Waals surface area contributed by atoms with Gasteiger partial charge in [0.2, 0.25) is 0 Å². The van der Waals surface area contributed by atoms with Gasteiger partial charge >= 0.3 is 0 Å². The SMILES string of the molecule is CC(C)C(CO)N(CCO)CCO. The zero-order chi connectivity index (χ0) is 10.3. The minimum atomic E-state index is 0.0271. The van der Waals surface area contributed by atoms with Crippen LogP contribution in [0.5, 0.6) is 0 Å². The van der Waals surface area contributed by atoms with Crippen LogP contribution >= 0.6 is 0 Å². The van der Waals surface area contributed by atoms with E-state index in [4.69, 9.17) is 15.3 Å². The van der Waals surface area contributed by atoms with E-state index in [2.05, 4.69) is 0 Å². The van der Waals surface area contributed by atoms with Gasteiger partial charge in [-0.3, -0.25) is 4.90 Å². The highest BCUT2D eigenvalue weighted by Crippen LogP contribution is 2.09. The van der Waals surface area contributed by atoms with Crippen LogP contribution in [0.3, 0.4) is 0 Å². The Hall–Kier alpha value is -0.160. The average Bonchev–Trinajstić information content (AvgIpc) is 2.05. The predicted octanol–water partition coefficient (Wildman–Crippen LogP) is -0.710. The van der Waals surface area contributed by atoms with Gasteiger partial charge in [0.05, 0.1) is 19.8 Å². The second kappa shape index (κ2) is 7.26. The molecule has 4 nitrogen and oxygen atoms in total. The molecular weight excluding hydrogens is 170 g/mol. The summed E-state index contributed by atoms with van der Waals surface area (Å²) >= 11 is 0. The number of aliphatic hydroxyl groups excluding tert-OH is 3. The molecule has 0 bridgehead atoms. The van der Waals surface area contributed by atoms with Crippen molar-refractivity contribution in [2.75, 3.05) is 32.9 Å². The van der Waals surface area contributed by atoms with Gasteiger partial charge < -0.3 is 15.3 Å². The summed E-state index contributed by atoms with van der Waals surface area (Å²) in [5.41, 5.74) is 0. The van der Waals surface area contributed by atoms with E-state index in [9.17, 15) is 0 Å². The van der Waals surface area contributed by atoms with Crippen molar-refractivity contribution in [3.63, 3.8) is 0 Å². The van der Waals surface area contributed by atoms with Crippen molar-refractivity contribution in [2.24, 2.45) is 5.92 Å². The minimum Gasteiger partial charge on any atom is -0.395 e. The maximum Gasteiger partial charge on any atom is 0.0589 e. The van der Waals surface area contributed by atoms with Gasteiger partial charge in [0.25, 0.3) is 0 Å². The van der Waals surface area contributed by atoms with E-state index < -0.39 is 0 Å². The maximum absolute atomic E-state index is 9.12. The van der Waals surface area contributed by atoms with Gasteiger partial charge in [0, 0.05) is 19.1 Å². The zero-order valence-electron chi connectivity index (χ0n) is 8.48. The Kier molecular flexibility index (Phi) is 7.17. The van der Waals surface area contributed by atoms with Crippen LogP contribution in [0.15, 0.2) is 0 Å². The molecule has 13 heavy (non-hydrogen) atoms. The normalized spacial score (nSPS) is 14.1. The molecule has 0 aromatic heterocycles. The maximum atomic E-state index is 9.12. The van der Waals surface area contributed by atoms with Crippen molar-refractivity contribution in [3.05, 3.63) is 0 Å². The highest BCUT2D eigenvalue weighted by molar-refractivity contribution is 4.73. The van der Waals surface area contributed by atoms with Gasteiger partial charge in [-0.15, -0.1) is 0 Å². The number of nitrogens with zero attached hydrogens (tertiary/aromatic N) is 1. The second-order valence-corrected chi connectivity index (χ2v) is 3.48. The monoisotopic (exact) mass is 191 g/mol. The summed E-state index contributed by atoms with van der Waals surface area (Å²) in [4.78, 5) is 1.91. The Morgan fingerprint density at radius 2 is 1.46 bits per heavy atom. The Morgan fingerprint density at radius 3 is 1.69 bits per heavy atom. The third kappa shape index (κ3) is 4.57. The summed E-state index contributed by atoms with van der Waals surface area (Å²) in [6, 6.07) is 0.0271. The van der Waals surface area contributed by atoms with Crippen LogP contribution in [0.1, 0.15) is 13.8 Å². The second-order valence-electron chi connectivity index (χ2n) is 3.48. The summed E-state index contributed by atoms with van der Waals surface area (Å²) in [6.07, 6.45) is 0. The van der Waals surface area contributed by atoms with E-state index in [0.717, 1.165) is 0 Å². The number of aliphatic hydroxyl groups is 3. The molecular formula is C9H21NO3. The fourth-order valence-electron chi connectivity index (χ4n) is 1.45. The van der Waals surface area contributed by atoms with Crippen LogP contribution in [-0.2, 0) is 0 Å². The smallest absolute Gasteiger partial charge is 0.0589 e. The summed E-state index contributed by atoms with van der Waals surface area (Å²) in [5, 5.41) is 26.7. The lowest BCUT2D eigenvalue weighted by Gasteiger charge is -2.31. The lowest BCUT2D eigenvalue weighted by Crippen LogP contribution is -2.44. The molecule has 4 heteroatoms. The molecule has 1 atom stereocenters. The van der Waals surface area contributed by atoms with Crippen LogP contribution in [-0.4, -0.2) is 59.2 Å². The molecule has 0 spiro atoms. The molecule has 0 heterocycles. The van der Waals surface area contributed by atoms with Gasteiger partial charge in [0.1, 0.15) is 0 Å². The lowest BCUT2D eigenvalue weighted by molar-refractivity contribution is 0.0607.